The third-order valence-corrected chi connectivity index (χ3v) is 3.11. The van der Waals surface area contributed by atoms with E-state index < -0.39 is 0 Å². The molecule has 0 amide bonds. The van der Waals surface area contributed by atoms with Crippen molar-refractivity contribution in [2.45, 2.75) is 13.0 Å². The van der Waals surface area contributed by atoms with E-state index >= 15 is 0 Å². The van der Waals surface area contributed by atoms with Crippen LogP contribution in [0.2, 0.25) is 0 Å². The van der Waals surface area contributed by atoms with Gasteiger partial charge >= 0.3 is 0 Å². The van der Waals surface area contributed by atoms with Crippen LogP contribution in [0.15, 0.2) is 29.6 Å². The van der Waals surface area contributed by atoms with Crippen molar-refractivity contribution in [2.24, 2.45) is 0 Å². The average molecular weight is 178 g/mol. The number of thiophene rings is 1. The summed E-state index contributed by atoms with van der Waals surface area (Å²) >= 11 is 1.62. The first kappa shape index (κ1) is 7.77. The van der Waals surface area contributed by atoms with Gasteiger partial charge < -0.3 is 5.11 Å². The first-order valence-corrected chi connectivity index (χ1v) is 4.81. The van der Waals surface area contributed by atoms with Gasteiger partial charge in [0.15, 0.2) is 0 Å². The SMILES string of the molecule is CC(O)c1scc2ccccc12. The van der Waals surface area contributed by atoms with Crippen molar-refractivity contribution < 1.29 is 5.11 Å². The van der Waals surface area contributed by atoms with Crippen LogP contribution >= 0.6 is 11.3 Å². The van der Waals surface area contributed by atoms with Crippen molar-refractivity contribution >= 4 is 22.1 Å². The molecule has 0 spiro atoms. The predicted molar refractivity (Wildman–Crippen MR) is 52.5 cm³/mol. The van der Waals surface area contributed by atoms with Crippen LogP contribution in [0.25, 0.3) is 10.8 Å². The molecule has 1 nitrogen and oxygen atoms in total. The number of fused-ring (bicyclic) bond motifs is 1. The molecule has 0 aliphatic rings. The highest BCUT2D eigenvalue weighted by Gasteiger charge is 2.07. The summed E-state index contributed by atoms with van der Waals surface area (Å²) in [4.78, 5) is 1.06. The van der Waals surface area contributed by atoms with Crippen molar-refractivity contribution in [1.29, 1.82) is 0 Å². The number of hydrogen-bond acceptors (Lipinski definition) is 2. The van der Waals surface area contributed by atoms with Gasteiger partial charge in [0, 0.05) is 4.88 Å². The third-order valence-electron chi connectivity index (χ3n) is 1.92. The second-order valence-electron chi connectivity index (χ2n) is 2.86. The van der Waals surface area contributed by atoms with Crippen LogP contribution in [0.1, 0.15) is 17.9 Å². The maximum Gasteiger partial charge on any atom is 0.0860 e. The van der Waals surface area contributed by atoms with Crippen molar-refractivity contribution in [3.05, 3.63) is 34.5 Å². The Kier molecular flexibility index (Phi) is 1.87. The average Bonchev–Trinajstić information content (AvgIpc) is 2.47. The second-order valence-corrected chi connectivity index (χ2v) is 3.77. The zero-order valence-corrected chi connectivity index (χ0v) is 7.64. The molecule has 0 saturated carbocycles. The zero-order valence-electron chi connectivity index (χ0n) is 6.82. The van der Waals surface area contributed by atoms with E-state index in [1.165, 1.54) is 10.8 Å². The smallest absolute Gasteiger partial charge is 0.0860 e. The van der Waals surface area contributed by atoms with Crippen molar-refractivity contribution in [3.8, 4) is 0 Å². The second kappa shape index (κ2) is 2.88. The number of aliphatic hydroxyl groups is 1. The standard InChI is InChI=1S/C10H10OS/c1-7(11)10-9-5-3-2-4-8(9)6-12-10/h2-7,11H,1H3. The van der Waals surface area contributed by atoms with Crippen molar-refractivity contribution in [2.75, 3.05) is 0 Å². The van der Waals surface area contributed by atoms with E-state index in [-0.39, 0.29) is 6.10 Å². The minimum Gasteiger partial charge on any atom is -0.388 e. The van der Waals surface area contributed by atoms with Gasteiger partial charge in [-0.1, -0.05) is 24.3 Å². The monoisotopic (exact) mass is 178 g/mol. The van der Waals surface area contributed by atoms with Gasteiger partial charge in [-0.05, 0) is 23.1 Å². The normalized spacial score (nSPS) is 13.5. The molecule has 1 aromatic heterocycles. The van der Waals surface area contributed by atoms with Crippen LogP contribution in [0.3, 0.4) is 0 Å². The fourth-order valence-corrected chi connectivity index (χ4v) is 2.31. The minimum absolute atomic E-state index is 0.352. The van der Waals surface area contributed by atoms with Gasteiger partial charge in [0.1, 0.15) is 0 Å². The first-order chi connectivity index (χ1) is 5.79. The van der Waals surface area contributed by atoms with Crippen LogP contribution < -0.4 is 0 Å². The molecular formula is C10H10OS. The first-order valence-electron chi connectivity index (χ1n) is 3.93. The van der Waals surface area contributed by atoms with E-state index in [0.29, 0.717) is 0 Å². The molecule has 0 aliphatic heterocycles. The fraction of sp³-hybridized carbons (Fsp3) is 0.200. The molecule has 2 aromatic rings. The Bertz CT molecular complexity index is 389. The van der Waals surface area contributed by atoms with E-state index in [9.17, 15) is 5.11 Å². The van der Waals surface area contributed by atoms with Gasteiger partial charge in [-0.25, -0.2) is 0 Å². The van der Waals surface area contributed by atoms with Gasteiger partial charge in [0.2, 0.25) is 0 Å². The molecule has 0 fully saturated rings. The third kappa shape index (κ3) is 1.13. The van der Waals surface area contributed by atoms with Crippen LogP contribution in [-0.2, 0) is 0 Å². The van der Waals surface area contributed by atoms with Crippen LogP contribution in [0, 0.1) is 0 Å². The summed E-state index contributed by atoms with van der Waals surface area (Å²) in [7, 11) is 0. The molecule has 2 heteroatoms. The summed E-state index contributed by atoms with van der Waals surface area (Å²) in [5, 5.41) is 13.9. The molecule has 1 atom stereocenters. The molecule has 1 aromatic carbocycles. The summed E-state index contributed by atoms with van der Waals surface area (Å²) in [6, 6.07) is 8.13. The minimum atomic E-state index is -0.352. The van der Waals surface area contributed by atoms with E-state index in [0.717, 1.165) is 4.88 Å². The highest BCUT2D eigenvalue weighted by Crippen LogP contribution is 2.30. The van der Waals surface area contributed by atoms with E-state index in [4.69, 9.17) is 0 Å². The molecule has 12 heavy (non-hydrogen) atoms. The Morgan fingerprint density at radius 1 is 1.33 bits per heavy atom. The van der Waals surface area contributed by atoms with E-state index in [1.54, 1.807) is 18.3 Å². The number of hydrogen-bond donors (Lipinski definition) is 1. The molecule has 2 rings (SSSR count). The highest BCUT2D eigenvalue weighted by molar-refractivity contribution is 7.11. The Morgan fingerprint density at radius 2 is 2.08 bits per heavy atom. The Balaban J connectivity index is 2.70. The number of benzene rings is 1. The maximum atomic E-state index is 9.42. The van der Waals surface area contributed by atoms with Gasteiger partial charge in [0.05, 0.1) is 6.10 Å². The molecule has 0 saturated heterocycles. The van der Waals surface area contributed by atoms with Crippen molar-refractivity contribution in [3.63, 3.8) is 0 Å². The number of aliphatic hydroxyl groups excluding tert-OH is 1. The van der Waals surface area contributed by atoms with Crippen LogP contribution in [0.5, 0.6) is 0 Å². The van der Waals surface area contributed by atoms with Gasteiger partial charge in [-0.15, -0.1) is 11.3 Å². The Morgan fingerprint density at radius 3 is 2.83 bits per heavy atom. The van der Waals surface area contributed by atoms with Crippen LogP contribution in [0.4, 0.5) is 0 Å². The topological polar surface area (TPSA) is 20.2 Å². The summed E-state index contributed by atoms with van der Waals surface area (Å²) in [5.74, 6) is 0. The van der Waals surface area contributed by atoms with Gasteiger partial charge in [0.25, 0.3) is 0 Å². The molecule has 0 radical (unpaired) electrons. The lowest BCUT2D eigenvalue weighted by Crippen LogP contribution is -1.85. The summed E-state index contributed by atoms with van der Waals surface area (Å²) < 4.78 is 0. The molecule has 1 heterocycles. The van der Waals surface area contributed by atoms with Crippen LogP contribution in [-0.4, -0.2) is 5.11 Å². The molecule has 0 aliphatic carbocycles. The summed E-state index contributed by atoms with van der Waals surface area (Å²) in [5.41, 5.74) is 0. The quantitative estimate of drug-likeness (QED) is 0.711. The molecule has 1 N–H and O–H groups in total. The summed E-state index contributed by atoms with van der Waals surface area (Å²) in [6.07, 6.45) is -0.352. The molecule has 1 unspecified atom stereocenters. The van der Waals surface area contributed by atoms with E-state index in [1.807, 2.05) is 18.2 Å². The lowest BCUT2D eigenvalue weighted by atomic mass is 10.1. The predicted octanol–water partition coefficient (Wildman–Crippen LogP) is 2.95. The van der Waals surface area contributed by atoms with Gasteiger partial charge in [-0.3, -0.25) is 0 Å². The van der Waals surface area contributed by atoms with Gasteiger partial charge in [-0.2, -0.15) is 0 Å². The Labute approximate surface area is 75.3 Å². The fourth-order valence-electron chi connectivity index (χ4n) is 1.34. The molecule has 62 valence electrons. The molecular weight excluding hydrogens is 168 g/mol. The van der Waals surface area contributed by atoms with E-state index in [2.05, 4.69) is 11.4 Å². The lowest BCUT2D eigenvalue weighted by Gasteiger charge is -2.00. The lowest BCUT2D eigenvalue weighted by molar-refractivity contribution is 0.204. The Hall–Kier alpha value is -0.860. The zero-order chi connectivity index (χ0) is 8.55. The van der Waals surface area contributed by atoms with Crippen molar-refractivity contribution in [1.82, 2.24) is 0 Å². The number of rotatable bonds is 1. The summed E-state index contributed by atoms with van der Waals surface area (Å²) in [6.45, 7) is 1.80. The molecule has 0 bridgehead atoms. The highest BCUT2D eigenvalue weighted by atomic mass is 32.1. The largest absolute Gasteiger partial charge is 0.388 e. The maximum absolute atomic E-state index is 9.42.